The van der Waals surface area contributed by atoms with Crippen LogP contribution in [0, 0.1) is 0 Å². The molecule has 0 radical (unpaired) electrons. The zero-order chi connectivity index (χ0) is 28.8. The van der Waals surface area contributed by atoms with Crippen LogP contribution in [0.1, 0.15) is 18.5 Å². The van der Waals surface area contributed by atoms with E-state index in [2.05, 4.69) is 15.0 Å². The maximum atomic E-state index is 13.9. The molecule has 6 aromatic rings. The summed E-state index contributed by atoms with van der Waals surface area (Å²) < 4.78 is 10.8. The highest BCUT2D eigenvalue weighted by atomic mass is 35.5. The molecule has 1 aromatic carbocycles. The normalized spacial score (nSPS) is 12.2. The molecule has 0 bridgehead atoms. The Hall–Kier alpha value is -4.13. The molecule has 0 saturated carbocycles. The van der Waals surface area contributed by atoms with Crippen molar-refractivity contribution in [3.63, 3.8) is 0 Å². The maximum absolute atomic E-state index is 13.9. The molecule has 208 valence electrons. The molecule has 13 heteroatoms. The van der Waals surface area contributed by atoms with Gasteiger partial charge in [-0.1, -0.05) is 53.9 Å². The largest absolute Gasteiger partial charge is 0.479 e. The van der Waals surface area contributed by atoms with Gasteiger partial charge in [-0.05, 0) is 30.2 Å². The van der Waals surface area contributed by atoms with Crippen molar-refractivity contribution < 1.29 is 4.74 Å². The van der Waals surface area contributed by atoms with Crippen LogP contribution < -0.4 is 20.3 Å². The van der Waals surface area contributed by atoms with E-state index in [0.29, 0.717) is 39.1 Å². The second kappa shape index (κ2) is 10.7. The number of fused-ring (bicyclic) bond motifs is 2. The van der Waals surface area contributed by atoms with Gasteiger partial charge >= 0.3 is 0 Å². The number of pyridine rings is 2. The Labute approximate surface area is 248 Å². The molecule has 5 aromatic heterocycles. The minimum atomic E-state index is -0.408. The average Bonchev–Trinajstić information content (AvgIpc) is 3.58. The lowest BCUT2D eigenvalue weighted by Crippen LogP contribution is -2.20. The molecule has 10 nitrogen and oxygen atoms in total. The van der Waals surface area contributed by atoms with E-state index in [1.807, 2.05) is 67.0 Å². The molecule has 0 saturated heterocycles. The number of aromatic nitrogens is 6. The van der Waals surface area contributed by atoms with E-state index in [9.17, 15) is 4.79 Å². The second-order valence-corrected chi connectivity index (χ2v) is 11.4. The number of nitrogens with two attached hydrogens (primary N) is 1. The molecule has 1 atom stereocenters. The summed E-state index contributed by atoms with van der Waals surface area (Å²) >= 11 is 9.36. The Balaban J connectivity index is 1.61. The predicted molar refractivity (Wildman–Crippen MR) is 167 cm³/mol. The fourth-order valence-corrected chi connectivity index (χ4v) is 6.41. The molecular formula is C28H25ClN8O2S2. The summed E-state index contributed by atoms with van der Waals surface area (Å²) in [4.78, 5) is 28.0. The Morgan fingerprint density at radius 3 is 2.66 bits per heavy atom. The zero-order valence-corrected chi connectivity index (χ0v) is 25.0. The van der Waals surface area contributed by atoms with Crippen molar-refractivity contribution in [3.05, 3.63) is 81.4 Å². The summed E-state index contributed by atoms with van der Waals surface area (Å²) in [7, 11) is 3.52. The Kier molecular flexibility index (Phi) is 7.06. The summed E-state index contributed by atoms with van der Waals surface area (Å²) in [5.41, 5.74) is 10.9. The zero-order valence-electron chi connectivity index (χ0n) is 22.6. The third-order valence-electron chi connectivity index (χ3n) is 7.01. The number of hydrogen-bond acceptors (Lipinski definition) is 10. The van der Waals surface area contributed by atoms with Gasteiger partial charge in [0.1, 0.15) is 33.5 Å². The molecular weight excluding hydrogens is 580 g/mol. The first-order valence-electron chi connectivity index (χ1n) is 12.5. The molecule has 2 N–H and O–H groups in total. The number of anilines is 2. The van der Waals surface area contributed by atoms with Crippen molar-refractivity contribution in [2.45, 2.75) is 13.0 Å². The Morgan fingerprint density at radius 1 is 1.15 bits per heavy atom. The lowest BCUT2D eigenvalue weighted by molar-refractivity contribution is 0.399. The van der Waals surface area contributed by atoms with Crippen LogP contribution >= 0.6 is 34.9 Å². The van der Waals surface area contributed by atoms with E-state index in [4.69, 9.17) is 27.2 Å². The van der Waals surface area contributed by atoms with Gasteiger partial charge in [-0.25, -0.2) is 19.6 Å². The van der Waals surface area contributed by atoms with Gasteiger partial charge in [-0.15, -0.1) is 11.3 Å². The molecule has 0 aliphatic carbocycles. The lowest BCUT2D eigenvalue weighted by Gasteiger charge is -2.18. The van der Waals surface area contributed by atoms with Gasteiger partial charge in [0.2, 0.25) is 5.88 Å². The summed E-state index contributed by atoms with van der Waals surface area (Å²) in [5.74, 6) is 0.783. The highest BCUT2D eigenvalue weighted by Gasteiger charge is 2.26. The summed E-state index contributed by atoms with van der Waals surface area (Å²) in [6.45, 7) is 1.99. The van der Waals surface area contributed by atoms with Crippen LogP contribution in [0.25, 0.3) is 38.2 Å². The summed E-state index contributed by atoms with van der Waals surface area (Å²) in [6.07, 6.45) is 5.08. The van der Waals surface area contributed by atoms with Gasteiger partial charge in [0.25, 0.3) is 5.56 Å². The van der Waals surface area contributed by atoms with Gasteiger partial charge in [-0.2, -0.15) is 5.10 Å². The van der Waals surface area contributed by atoms with Crippen LogP contribution in [-0.2, 0) is 0 Å². The van der Waals surface area contributed by atoms with Crippen molar-refractivity contribution in [1.29, 1.82) is 0 Å². The number of nitrogens with zero attached hydrogens (tertiary/aromatic N) is 7. The molecule has 0 aliphatic heterocycles. The number of benzene rings is 1. The van der Waals surface area contributed by atoms with E-state index >= 15 is 0 Å². The van der Waals surface area contributed by atoms with Gasteiger partial charge in [0.05, 0.1) is 24.1 Å². The number of halogens is 1. The standard InChI is InChI=1S/C28H25ClN8O2S2/c1-15(18-11-21-36(20(29)13-41-21)28(38)22(18)16-8-6-5-7-9-16)37-26-23(25(30)32-14-33-26)24(34-37)17-10-19(35(2)40-4)27(39-3)31-12-17/h5-15H,1-4H3,(H2,30,32,33)/t15-/m0/s1. The average molecular weight is 605 g/mol. The maximum Gasteiger partial charge on any atom is 0.265 e. The third kappa shape index (κ3) is 4.48. The fourth-order valence-electron chi connectivity index (χ4n) is 4.93. The van der Waals surface area contributed by atoms with Crippen LogP contribution in [0.15, 0.2) is 65.2 Å². The number of hydrogen-bond donors (Lipinski definition) is 1. The Morgan fingerprint density at radius 2 is 1.93 bits per heavy atom. The first-order valence-corrected chi connectivity index (χ1v) is 15.0. The SMILES string of the molecule is COc1ncc(-c2nn([C@@H](C)c3cc4scc(Cl)n4c(=O)c3-c3ccccc3)c3ncnc(N)c23)cc1N(C)SC. The van der Waals surface area contributed by atoms with Crippen molar-refractivity contribution >= 4 is 62.3 Å². The van der Waals surface area contributed by atoms with Crippen LogP contribution in [0.4, 0.5) is 11.5 Å². The third-order valence-corrected chi connectivity index (χ3v) is 9.04. The topological polar surface area (TPSA) is 116 Å². The highest BCUT2D eigenvalue weighted by Crippen LogP contribution is 2.39. The van der Waals surface area contributed by atoms with Crippen molar-refractivity contribution in [2.24, 2.45) is 0 Å². The monoisotopic (exact) mass is 604 g/mol. The quantitative estimate of drug-likeness (QED) is 0.226. The molecule has 0 spiro atoms. The highest BCUT2D eigenvalue weighted by molar-refractivity contribution is 7.99. The van der Waals surface area contributed by atoms with E-state index in [1.165, 1.54) is 34.0 Å². The molecule has 5 heterocycles. The van der Waals surface area contributed by atoms with Crippen molar-refractivity contribution in [2.75, 3.05) is 30.5 Å². The van der Waals surface area contributed by atoms with Crippen LogP contribution in [0.5, 0.6) is 5.88 Å². The lowest BCUT2D eigenvalue weighted by atomic mass is 9.97. The van der Waals surface area contributed by atoms with Gasteiger partial charge < -0.3 is 14.8 Å². The van der Waals surface area contributed by atoms with Crippen molar-refractivity contribution in [1.82, 2.24) is 29.1 Å². The number of nitrogen functional groups attached to an aromatic ring is 1. The molecule has 0 fully saturated rings. The van der Waals surface area contributed by atoms with Gasteiger partial charge in [0, 0.05) is 30.4 Å². The minimum Gasteiger partial charge on any atom is -0.479 e. The fraction of sp³-hybridized carbons (Fsp3) is 0.179. The van der Waals surface area contributed by atoms with Crippen LogP contribution in [0.2, 0.25) is 5.15 Å². The predicted octanol–water partition coefficient (Wildman–Crippen LogP) is 5.80. The van der Waals surface area contributed by atoms with E-state index < -0.39 is 6.04 Å². The molecule has 0 aliphatic rings. The number of methoxy groups -OCH3 is 1. The number of rotatable bonds is 7. The summed E-state index contributed by atoms with van der Waals surface area (Å²) in [6, 6.07) is 13.1. The van der Waals surface area contributed by atoms with E-state index in [1.54, 1.807) is 23.4 Å². The Bertz CT molecular complexity index is 1970. The molecule has 41 heavy (non-hydrogen) atoms. The van der Waals surface area contributed by atoms with Crippen molar-refractivity contribution in [3.8, 4) is 28.3 Å². The second-order valence-electron chi connectivity index (χ2n) is 9.24. The van der Waals surface area contributed by atoms with Gasteiger partial charge in [-0.3, -0.25) is 9.20 Å². The molecule has 0 amide bonds. The van der Waals surface area contributed by atoms with Crippen LogP contribution in [0.3, 0.4) is 0 Å². The molecule has 6 rings (SSSR count). The number of ether oxygens (including phenoxy) is 1. The smallest absolute Gasteiger partial charge is 0.265 e. The molecule has 0 unspecified atom stereocenters. The minimum absolute atomic E-state index is 0.197. The van der Waals surface area contributed by atoms with E-state index in [-0.39, 0.29) is 5.56 Å². The first kappa shape index (κ1) is 27.1. The number of thiazole rings is 1. The summed E-state index contributed by atoms with van der Waals surface area (Å²) in [5, 5.41) is 7.76. The van der Waals surface area contributed by atoms with E-state index in [0.717, 1.165) is 27.2 Å². The van der Waals surface area contributed by atoms with Gasteiger partial charge in [0.15, 0.2) is 5.65 Å². The van der Waals surface area contributed by atoms with Crippen LogP contribution in [-0.4, -0.2) is 49.5 Å². The first-order chi connectivity index (χ1) is 19.8.